The molecule has 0 radical (unpaired) electrons. The highest BCUT2D eigenvalue weighted by Gasteiger charge is 2.22. The molecular weight excluding hydrogens is 468 g/mol. The van der Waals surface area contributed by atoms with Crippen LogP contribution in [0, 0.1) is 53.7 Å². The number of benzene rings is 6. The van der Waals surface area contributed by atoms with Crippen molar-refractivity contribution < 1.29 is 0 Å². The predicted molar refractivity (Wildman–Crippen MR) is 147 cm³/mol. The molecule has 0 aliphatic carbocycles. The maximum atomic E-state index is 10.0. The van der Waals surface area contributed by atoms with E-state index in [9.17, 15) is 15.8 Å². The Labute approximate surface area is 216 Å². The highest BCUT2D eigenvalue weighted by atomic mass is 14.8. The topological polar surface area (TPSA) is 84.5 Å². The zero-order valence-corrected chi connectivity index (χ0v) is 19.5. The van der Waals surface area contributed by atoms with Crippen LogP contribution in [0.5, 0.6) is 0 Å². The summed E-state index contributed by atoms with van der Waals surface area (Å²) in [5.74, 6) is 0. The average Bonchev–Trinajstić information content (AvgIpc) is 2.97. The molecule has 6 aromatic rings. The Morgan fingerprint density at radius 3 is 1.37 bits per heavy atom. The molecule has 6 aromatic carbocycles. The van der Waals surface area contributed by atoms with Gasteiger partial charge < -0.3 is 0 Å². The zero-order chi connectivity index (χ0) is 26.6. The summed E-state index contributed by atoms with van der Waals surface area (Å²) >= 11 is 0. The van der Waals surface area contributed by atoms with Gasteiger partial charge >= 0.3 is 0 Å². The quantitative estimate of drug-likeness (QED) is 0.124. The maximum absolute atomic E-state index is 10.0. The van der Waals surface area contributed by atoms with Crippen molar-refractivity contribution in [3.8, 4) is 18.2 Å². The number of hydrogen-bond donors (Lipinski definition) is 0. The minimum absolute atomic E-state index is 0.0356. The Morgan fingerprint density at radius 1 is 0.474 bits per heavy atom. The van der Waals surface area contributed by atoms with Gasteiger partial charge in [-0.3, -0.25) is 14.5 Å². The Balaban J connectivity index is 2.00. The first-order chi connectivity index (χ1) is 18.6. The third-order valence-corrected chi connectivity index (χ3v) is 6.97. The lowest BCUT2D eigenvalue weighted by atomic mass is 9.87. The molecule has 0 N–H and O–H groups in total. The van der Waals surface area contributed by atoms with Crippen LogP contribution in [0.15, 0.2) is 60.7 Å². The summed E-state index contributed by atoms with van der Waals surface area (Å²) in [6.07, 6.45) is 0. The molecule has 0 fully saturated rings. The van der Waals surface area contributed by atoms with E-state index in [4.69, 9.17) is 19.7 Å². The molecule has 0 atom stereocenters. The van der Waals surface area contributed by atoms with E-state index < -0.39 is 0 Å². The van der Waals surface area contributed by atoms with Gasteiger partial charge in [0.2, 0.25) is 11.4 Å². The molecule has 168 valence electrons. The van der Waals surface area contributed by atoms with E-state index in [0.717, 1.165) is 37.7 Å². The standard InChI is InChI=1S/C32H10N6/c1-36-30-28-13-26-22-9-18-7-5-4-6-17(18)8-21(22)23-10-19(14-33)20(15-34)11-24(23)25(26)12-27(28)29(16-35)31(37-2)32(30)38-3/h4-13H. The van der Waals surface area contributed by atoms with Crippen LogP contribution in [0.4, 0.5) is 17.1 Å². The van der Waals surface area contributed by atoms with Crippen LogP contribution in [0.25, 0.3) is 68.4 Å². The maximum Gasteiger partial charge on any atom is 0.202 e. The van der Waals surface area contributed by atoms with Crippen molar-refractivity contribution in [1.82, 2.24) is 0 Å². The minimum atomic E-state index is -0.138. The van der Waals surface area contributed by atoms with Gasteiger partial charge in [-0.1, -0.05) is 30.3 Å². The Bertz CT molecular complexity index is 2360. The van der Waals surface area contributed by atoms with E-state index in [1.807, 2.05) is 36.4 Å². The molecule has 0 saturated carbocycles. The zero-order valence-electron chi connectivity index (χ0n) is 19.5. The third-order valence-electron chi connectivity index (χ3n) is 6.97. The second-order valence-electron chi connectivity index (χ2n) is 8.72. The molecular formula is C32H10N6. The van der Waals surface area contributed by atoms with Crippen molar-refractivity contribution >= 4 is 70.9 Å². The highest BCUT2D eigenvalue weighted by molar-refractivity contribution is 6.30. The third kappa shape index (κ3) is 2.81. The molecule has 0 aliphatic heterocycles. The summed E-state index contributed by atoms with van der Waals surface area (Å²) in [6.45, 7) is 23.0. The number of nitrogens with zero attached hydrogens (tertiary/aromatic N) is 6. The molecule has 0 aromatic heterocycles. The van der Waals surface area contributed by atoms with Gasteiger partial charge in [0.05, 0.1) is 42.5 Å². The van der Waals surface area contributed by atoms with Crippen molar-refractivity contribution in [2.24, 2.45) is 0 Å². The number of hydrogen-bond acceptors (Lipinski definition) is 3. The molecule has 0 saturated heterocycles. The smallest absolute Gasteiger partial charge is 0.202 e. The summed E-state index contributed by atoms with van der Waals surface area (Å²) in [4.78, 5) is 10.5. The van der Waals surface area contributed by atoms with Crippen molar-refractivity contribution in [3.63, 3.8) is 0 Å². The summed E-state index contributed by atoms with van der Waals surface area (Å²) in [7, 11) is 0. The summed E-state index contributed by atoms with van der Waals surface area (Å²) in [5, 5.41) is 37.0. The van der Waals surface area contributed by atoms with Crippen LogP contribution in [-0.2, 0) is 0 Å². The Kier molecular flexibility index (Phi) is 4.68. The van der Waals surface area contributed by atoms with E-state index in [1.54, 1.807) is 18.2 Å². The summed E-state index contributed by atoms with van der Waals surface area (Å²) < 4.78 is 0. The molecule has 0 bridgehead atoms. The van der Waals surface area contributed by atoms with Crippen LogP contribution in [-0.4, -0.2) is 0 Å². The van der Waals surface area contributed by atoms with E-state index in [-0.39, 0.29) is 33.8 Å². The van der Waals surface area contributed by atoms with Gasteiger partial charge in [0.1, 0.15) is 12.1 Å². The largest absolute Gasteiger partial charge is 0.262 e. The molecule has 6 heteroatoms. The summed E-state index contributed by atoms with van der Waals surface area (Å²) in [5.41, 5.74) is 0.304. The van der Waals surface area contributed by atoms with Crippen LogP contribution in [0.3, 0.4) is 0 Å². The van der Waals surface area contributed by atoms with Crippen molar-refractivity contribution in [3.05, 3.63) is 112 Å². The molecule has 0 heterocycles. The van der Waals surface area contributed by atoms with Gasteiger partial charge in [0.25, 0.3) is 0 Å². The van der Waals surface area contributed by atoms with Crippen LogP contribution in [0.1, 0.15) is 16.7 Å². The molecule has 0 spiro atoms. The fourth-order valence-electron chi connectivity index (χ4n) is 5.29. The molecule has 6 nitrogen and oxygen atoms in total. The second kappa shape index (κ2) is 8.06. The predicted octanol–water partition coefficient (Wildman–Crippen LogP) is 8.72. The number of nitriles is 3. The van der Waals surface area contributed by atoms with E-state index in [0.29, 0.717) is 16.2 Å². The van der Waals surface area contributed by atoms with E-state index >= 15 is 0 Å². The average molecular weight is 478 g/mol. The molecule has 6 rings (SSSR count). The number of rotatable bonds is 0. The van der Waals surface area contributed by atoms with Crippen molar-refractivity contribution in [2.75, 3.05) is 0 Å². The van der Waals surface area contributed by atoms with Gasteiger partial charge in [-0.25, -0.2) is 0 Å². The first kappa shape index (κ1) is 22.1. The van der Waals surface area contributed by atoms with Gasteiger partial charge in [0.15, 0.2) is 5.69 Å². The van der Waals surface area contributed by atoms with Crippen LogP contribution < -0.4 is 0 Å². The van der Waals surface area contributed by atoms with E-state index in [2.05, 4.69) is 38.8 Å². The second-order valence-corrected chi connectivity index (χ2v) is 8.72. The van der Waals surface area contributed by atoms with Crippen molar-refractivity contribution in [2.45, 2.75) is 0 Å². The SMILES string of the molecule is [C-]#[N+]c1c([N+]#[C-])c([N+]#[C-])c2cc3c4cc5ccccc5cc4c4cc(C#N)c(C#N)cc4c3cc2c1C#N. The van der Waals surface area contributed by atoms with E-state index in [1.165, 1.54) is 0 Å². The lowest BCUT2D eigenvalue weighted by Crippen LogP contribution is -1.91. The fourth-order valence-corrected chi connectivity index (χ4v) is 5.29. The van der Waals surface area contributed by atoms with Gasteiger partial charge in [-0.05, 0) is 84.2 Å². The van der Waals surface area contributed by atoms with Crippen LogP contribution in [0.2, 0.25) is 0 Å². The fraction of sp³-hybridized carbons (Fsp3) is 0. The van der Waals surface area contributed by atoms with Gasteiger partial charge in [-0.2, -0.15) is 15.8 Å². The Morgan fingerprint density at radius 2 is 0.921 bits per heavy atom. The number of fused-ring (bicyclic) bond motifs is 8. The summed E-state index contributed by atoms with van der Waals surface area (Å²) in [6, 6.07) is 25.3. The van der Waals surface area contributed by atoms with Gasteiger partial charge in [0, 0.05) is 0 Å². The Hall–Kier alpha value is -6.44. The lowest BCUT2D eigenvalue weighted by molar-refractivity contribution is 1.45. The van der Waals surface area contributed by atoms with Crippen molar-refractivity contribution in [1.29, 1.82) is 15.8 Å². The lowest BCUT2D eigenvalue weighted by Gasteiger charge is -2.16. The normalized spacial score (nSPS) is 10.5. The molecule has 38 heavy (non-hydrogen) atoms. The molecule has 0 unspecified atom stereocenters. The minimum Gasteiger partial charge on any atom is -0.262 e. The van der Waals surface area contributed by atoms with Crippen LogP contribution >= 0.6 is 0 Å². The molecule has 0 aliphatic rings. The highest BCUT2D eigenvalue weighted by Crippen LogP contribution is 2.49. The van der Waals surface area contributed by atoms with Gasteiger partial charge in [-0.15, -0.1) is 0 Å². The first-order valence-electron chi connectivity index (χ1n) is 11.3. The first-order valence-corrected chi connectivity index (χ1v) is 11.3. The molecule has 0 amide bonds. The monoisotopic (exact) mass is 478 g/mol.